The minimum atomic E-state index is -0.618. The molecular weight excluding hydrogens is 348 g/mol. The lowest BCUT2D eigenvalue weighted by Gasteiger charge is -2.22. The van der Waals surface area contributed by atoms with Crippen molar-refractivity contribution in [3.8, 4) is 0 Å². The fraction of sp³-hybridized carbons (Fsp3) is 0.429. The maximum Gasteiger partial charge on any atom is 0.357 e. The minimum absolute atomic E-state index is 0.103. The van der Waals surface area contributed by atoms with Gasteiger partial charge in [-0.15, -0.1) is 11.3 Å². The van der Waals surface area contributed by atoms with Gasteiger partial charge in [-0.2, -0.15) is 4.98 Å². The summed E-state index contributed by atoms with van der Waals surface area (Å²) in [6.45, 7) is 2.70. The number of hydrogen-bond acceptors (Lipinski definition) is 10. The van der Waals surface area contributed by atoms with Crippen LogP contribution >= 0.6 is 11.3 Å². The van der Waals surface area contributed by atoms with Crippen molar-refractivity contribution in [3.63, 3.8) is 0 Å². The molecule has 2 N–H and O–H groups in total. The van der Waals surface area contributed by atoms with Gasteiger partial charge >= 0.3 is 11.7 Å². The Bertz CT molecular complexity index is 810. The first-order valence-corrected chi connectivity index (χ1v) is 8.55. The summed E-state index contributed by atoms with van der Waals surface area (Å²) in [6, 6.07) is -0.103. The molecule has 1 fully saturated rings. The molecule has 0 saturated carbocycles. The normalized spacial score (nSPS) is 16.8. The first-order valence-electron chi connectivity index (χ1n) is 7.67. The van der Waals surface area contributed by atoms with Crippen LogP contribution in [-0.2, 0) is 4.74 Å². The molecule has 25 heavy (non-hydrogen) atoms. The number of nitrogen functional groups attached to an aromatic ring is 1. The highest BCUT2D eigenvalue weighted by atomic mass is 32.1. The smallest absolute Gasteiger partial charge is 0.357 e. The number of nitrogens with zero attached hydrogens (tertiary/aromatic N) is 5. The largest absolute Gasteiger partial charge is 0.461 e. The molecule has 1 aliphatic heterocycles. The number of anilines is 2. The molecule has 0 amide bonds. The standard InChI is InChI=1S/C14H16N6O4S/c1-2-24-13(21)8-7-25-12(17-8)9-4-3-5-19(9)14-16-6-10(20(22)23)11(15)18-14/h6-7,9H,2-5H2,1H3,(H2,15,16,18). The number of nitrogens with two attached hydrogens (primary N) is 1. The van der Waals surface area contributed by atoms with Gasteiger partial charge in [0.25, 0.3) is 0 Å². The van der Waals surface area contributed by atoms with Gasteiger partial charge in [0.05, 0.1) is 17.6 Å². The molecule has 3 rings (SSSR count). The lowest BCUT2D eigenvalue weighted by molar-refractivity contribution is -0.384. The molecule has 2 aromatic rings. The summed E-state index contributed by atoms with van der Waals surface area (Å²) >= 11 is 1.36. The highest BCUT2D eigenvalue weighted by Crippen LogP contribution is 2.36. The van der Waals surface area contributed by atoms with Crippen molar-refractivity contribution in [1.29, 1.82) is 0 Å². The van der Waals surface area contributed by atoms with Gasteiger partial charge in [0.15, 0.2) is 5.69 Å². The molecule has 1 atom stereocenters. The Kier molecular flexibility index (Phi) is 4.74. The van der Waals surface area contributed by atoms with Gasteiger partial charge in [-0.1, -0.05) is 0 Å². The predicted molar refractivity (Wildman–Crippen MR) is 90.5 cm³/mol. The molecule has 132 valence electrons. The van der Waals surface area contributed by atoms with E-state index >= 15 is 0 Å². The van der Waals surface area contributed by atoms with Crippen LogP contribution < -0.4 is 10.6 Å². The number of esters is 1. The third-order valence-corrected chi connectivity index (χ3v) is 4.73. The van der Waals surface area contributed by atoms with Crippen LogP contribution in [0.2, 0.25) is 0 Å². The van der Waals surface area contributed by atoms with E-state index in [1.807, 2.05) is 4.90 Å². The number of nitro groups is 1. The van der Waals surface area contributed by atoms with E-state index in [2.05, 4.69) is 15.0 Å². The number of carbonyl (C=O) groups excluding carboxylic acids is 1. The topological polar surface area (TPSA) is 137 Å². The van der Waals surface area contributed by atoms with Crippen LogP contribution in [0, 0.1) is 10.1 Å². The number of aromatic nitrogens is 3. The Balaban J connectivity index is 1.85. The van der Waals surface area contributed by atoms with Crippen molar-refractivity contribution in [1.82, 2.24) is 15.0 Å². The zero-order valence-corrected chi connectivity index (χ0v) is 14.2. The lowest BCUT2D eigenvalue weighted by Crippen LogP contribution is -2.25. The fourth-order valence-electron chi connectivity index (χ4n) is 2.66. The van der Waals surface area contributed by atoms with Crippen LogP contribution in [0.1, 0.15) is 41.3 Å². The van der Waals surface area contributed by atoms with Gasteiger partial charge in [0.1, 0.15) is 11.2 Å². The number of hydrogen-bond donors (Lipinski definition) is 1. The third kappa shape index (κ3) is 3.36. The minimum Gasteiger partial charge on any atom is -0.461 e. The van der Waals surface area contributed by atoms with Gasteiger partial charge in [0, 0.05) is 11.9 Å². The van der Waals surface area contributed by atoms with Gasteiger partial charge in [-0.05, 0) is 19.8 Å². The van der Waals surface area contributed by atoms with Gasteiger partial charge in [0.2, 0.25) is 11.8 Å². The summed E-state index contributed by atoms with van der Waals surface area (Å²) in [7, 11) is 0. The molecular formula is C14H16N6O4S. The Labute approximate surface area is 146 Å². The lowest BCUT2D eigenvalue weighted by atomic mass is 10.2. The van der Waals surface area contributed by atoms with E-state index in [4.69, 9.17) is 10.5 Å². The molecule has 1 aliphatic rings. The van der Waals surface area contributed by atoms with E-state index in [1.54, 1.807) is 12.3 Å². The maximum atomic E-state index is 11.8. The summed E-state index contributed by atoms with van der Waals surface area (Å²) in [4.78, 5) is 36.4. The van der Waals surface area contributed by atoms with Crippen molar-refractivity contribution in [2.75, 3.05) is 23.8 Å². The van der Waals surface area contributed by atoms with E-state index < -0.39 is 10.9 Å². The predicted octanol–water partition coefficient (Wildman–Crippen LogP) is 1.94. The van der Waals surface area contributed by atoms with E-state index in [0.717, 1.165) is 24.0 Å². The zero-order chi connectivity index (χ0) is 18.0. The second-order valence-electron chi connectivity index (χ2n) is 5.34. The molecule has 0 aliphatic carbocycles. The second-order valence-corrected chi connectivity index (χ2v) is 6.23. The highest BCUT2D eigenvalue weighted by Gasteiger charge is 2.32. The summed E-state index contributed by atoms with van der Waals surface area (Å²) < 4.78 is 4.95. The second kappa shape index (κ2) is 6.97. The van der Waals surface area contributed by atoms with Crippen LogP contribution in [0.5, 0.6) is 0 Å². The zero-order valence-electron chi connectivity index (χ0n) is 13.4. The molecule has 0 aromatic carbocycles. The fourth-order valence-corrected chi connectivity index (χ4v) is 3.59. The Morgan fingerprint density at radius 3 is 3.04 bits per heavy atom. The van der Waals surface area contributed by atoms with Gasteiger partial charge in [-0.25, -0.2) is 14.8 Å². The maximum absolute atomic E-state index is 11.8. The van der Waals surface area contributed by atoms with Crippen LogP contribution in [-0.4, -0.2) is 39.0 Å². The van der Waals surface area contributed by atoms with Crippen LogP contribution in [0.15, 0.2) is 11.6 Å². The molecule has 0 spiro atoms. The number of rotatable bonds is 5. The number of carbonyl (C=O) groups is 1. The first kappa shape index (κ1) is 17.0. The Morgan fingerprint density at radius 1 is 1.56 bits per heavy atom. The number of thiazole rings is 1. The molecule has 1 saturated heterocycles. The molecule has 2 aromatic heterocycles. The quantitative estimate of drug-likeness (QED) is 0.479. The molecule has 10 nitrogen and oxygen atoms in total. The van der Waals surface area contributed by atoms with Crippen LogP contribution in [0.25, 0.3) is 0 Å². The van der Waals surface area contributed by atoms with Gasteiger partial charge < -0.3 is 15.4 Å². The van der Waals surface area contributed by atoms with Crippen molar-refractivity contribution in [2.45, 2.75) is 25.8 Å². The van der Waals surface area contributed by atoms with Crippen LogP contribution in [0.4, 0.5) is 17.5 Å². The van der Waals surface area contributed by atoms with E-state index in [0.29, 0.717) is 12.5 Å². The molecule has 11 heteroatoms. The molecule has 0 bridgehead atoms. The van der Waals surface area contributed by atoms with Gasteiger partial charge in [-0.3, -0.25) is 10.1 Å². The number of ether oxygens (including phenoxy) is 1. The summed E-state index contributed by atoms with van der Waals surface area (Å²) in [5.74, 6) is -0.309. The van der Waals surface area contributed by atoms with Crippen molar-refractivity contribution in [2.24, 2.45) is 0 Å². The summed E-state index contributed by atoms with van der Waals surface area (Å²) in [5, 5.41) is 13.3. The highest BCUT2D eigenvalue weighted by molar-refractivity contribution is 7.10. The third-order valence-electron chi connectivity index (χ3n) is 3.78. The Morgan fingerprint density at radius 2 is 2.36 bits per heavy atom. The van der Waals surface area contributed by atoms with E-state index in [9.17, 15) is 14.9 Å². The summed E-state index contributed by atoms with van der Waals surface area (Å²) in [5.41, 5.74) is 5.61. The monoisotopic (exact) mass is 364 g/mol. The van der Waals surface area contributed by atoms with Crippen molar-refractivity contribution in [3.05, 3.63) is 32.4 Å². The first-order chi connectivity index (χ1) is 12.0. The SMILES string of the molecule is CCOC(=O)c1csc(C2CCCN2c2ncc([N+](=O)[O-])c(N)n2)n1. The molecule has 1 unspecified atom stereocenters. The van der Waals surface area contributed by atoms with E-state index in [-0.39, 0.29) is 29.8 Å². The Hall–Kier alpha value is -2.82. The average Bonchev–Trinajstić information content (AvgIpc) is 3.23. The van der Waals surface area contributed by atoms with Crippen molar-refractivity contribution >= 4 is 34.8 Å². The van der Waals surface area contributed by atoms with Crippen LogP contribution in [0.3, 0.4) is 0 Å². The average molecular weight is 364 g/mol. The molecule has 3 heterocycles. The molecule has 0 radical (unpaired) electrons. The summed E-state index contributed by atoms with van der Waals surface area (Å²) in [6.07, 6.45) is 2.81. The van der Waals surface area contributed by atoms with E-state index in [1.165, 1.54) is 11.3 Å². The van der Waals surface area contributed by atoms with Crippen molar-refractivity contribution < 1.29 is 14.5 Å².